The van der Waals surface area contributed by atoms with Gasteiger partial charge in [-0.1, -0.05) is 29.8 Å². The number of benzene rings is 1. The van der Waals surface area contributed by atoms with Crippen molar-refractivity contribution >= 4 is 17.5 Å². The lowest BCUT2D eigenvalue weighted by atomic mass is 10.0. The quantitative estimate of drug-likeness (QED) is 0.710. The monoisotopic (exact) mass is 465 g/mol. The van der Waals surface area contributed by atoms with Gasteiger partial charge in [0, 0.05) is 38.1 Å². The van der Waals surface area contributed by atoms with Crippen LogP contribution in [0.5, 0.6) is 0 Å². The Morgan fingerprint density at radius 3 is 2.26 bits per heavy atom. The molecule has 2 aliphatic heterocycles. The maximum atomic E-state index is 13.3. The van der Waals surface area contributed by atoms with Crippen molar-refractivity contribution in [2.45, 2.75) is 45.7 Å². The van der Waals surface area contributed by atoms with Crippen LogP contribution in [0.2, 0.25) is 0 Å². The fourth-order valence-corrected chi connectivity index (χ4v) is 4.39. The van der Waals surface area contributed by atoms with Crippen molar-refractivity contribution in [3.63, 3.8) is 0 Å². The molecule has 0 spiro atoms. The molecule has 0 unspecified atom stereocenters. The highest BCUT2D eigenvalue weighted by Crippen LogP contribution is 2.33. The smallest absolute Gasteiger partial charge is 0.257 e. The summed E-state index contributed by atoms with van der Waals surface area (Å²) in [6, 6.07) is 11.7. The number of amides is 2. The predicted octanol–water partition coefficient (Wildman–Crippen LogP) is 2.80. The number of nitrogens with zero attached hydrogens (tertiary/aromatic N) is 4. The summed E-state index contributed by atoms with van der Waals surface area (Å²) >= 11 is 0. The van der Waals surface area contributed by atoms with E-state index in [0.29, 0.717) is 19.5 Å². The van der Waals surface area contributed by atoms with Crippen molar-refractivity contribution in [3.05, 3.63) is 59.5 Å². The average Bonchev–Trinajstić information content (AvgIpc) is 3.44. The topological polar surface area (TPSA) is 81.4 Å². The summed E-state index contributed by atoms with van der Waals surface area (Å²) in [5.74, 6) is 0.740. The molecular formula is C26H35N5O3. The molecule has 3 heterocycles. The van der Waals surface area contributed by atoms with Gasteiger partial charge in [0.15, 0.2) is 0 Å². The molecule has 1 N–H and O–H groups in total. The first-order valence-electron chi connectivity index (χ1n) is 11.9. The molecule has 182 valence electrons. The van der Waals surface area contributed by atoms with E-state index in [0.717, 1.165) is 43.2 Å². The van der Waals surface area contributed by atoms with Crippen LogP contribution >= 0.6 is 0 Å². The van der Waals surface area contributed by atoms with Gasteiger partial charge in [-0.2, -0.15) is 5.10 Å². The molecule has 2 amide bonds. The summed E-state index contributed by atoms with van der Waals surface area (Å²) in [6.07, 6.45) is 2.26. The van der Waals surface area contributed by atoms with Crippen LogP contribution in [0.1, 0.15) is 50.1 Å². The van der Waals surface area contributed by atoms with E-state index in [1.54, 1.807) is 11.3 Å². The van der Waals surface area contributed by atoms with Crippen molar-refractivity contribution in [1.82, 2.24) is 20.1 Å². The molecule has 8 nitrogen and oxygen atoms in total. The van der Waals surface area contributed by atoms with Crippen molar-refractivity contribution in [3.8, 4) is 0 Å². The first kappa shape index (κ1) is 24.2. The van der Waals surface area contributed by atoms with Gasteiger partial charge >= 0.3 is 0 Å². The van der Waals surface area contributed by atoms with E-state index in [4.69, 9.17) is 9.52 Å². The lowest BCUT2D eigenvalue weighted by Gasteiger charge is -2.35. The van der Waals surface area contributed by atoms with Gasteiger partial charge in [-0.3, -0.25) is 19.4 Å². The highest BCUT2D eigenvalue weighted by molar-refractivity contribution is 6.03. The highest BCUT2D eigenvalue weighted by atomic mass is 16.3. The fourth-order valence-electron chi connectivity index (χ4n) is 4.39. The molecular weight excluding hydrogens is 430 g/mol. The van der Waals surface area contributed by atoms with Gasteiger partial charge in [0.1, 0.15) is 11.8 Å². The third-order valence-electron chi connectivity index (χ3n) is 6.13. The Labute approximate surface area is 201 Å². The summed E-state index contributed by atoms with van der Waals surface area (Å²) in [5, 5.41) is 9.33. The second-order valence-corrected chi connectivity index (χ2v) is 10.2. The zero-order valence-corrected chi connectivity index (χ0v) is 20.6. The van der Waals surface area contributed by atoms with E-state index < -0.39 is 0 Å². The van der Waals surface area contributed by atoms with Gasteiger partial charge in [0.25, 0.3) is 5.91 Å². The summed E-state index contributed by atoms with van der Waals surface area (Å²) in [4.78, 5) is 29.8. The van der Waals surface area contributed by atoms with Crippen LogP contribution in [0, 0.1) is 6.92 Å². The molecule has 1 saturated heterocycles. The lowest BCUT2D eigenvalue weighted by Crippen LogP contribution is -2.53. The Hall–Kier alpha value is -2.97. The molecule has 0 saturated carbocycles. The molecule has 0 radical (unpaired) electrons. The van der Waals surface area contributed by atoms with E-state index in [2.05, 4.69) is 46.3 Å². The Balaban J connectivity index is 1.37. The Morgan fingerprint density at radius 2 is 1.68 bits per heavy atom. The highest BCUT2D eigenvalue weighted by Gasteiger charge is 2.35. The molecule has 0 aliphatic carbocycles. The second kappa shape index (κ2) is 10.1. The zero-order valence-electron chi connectivity index (χ0n) is 20.6. The van der Waals surface area contributed by atoms with E-state index >= 15 is 0 Å². The zero-order chi connectivity index (χ0) is 24.3. The van der Waals surface area contributed by atoms with Gasteiger partial charge in [-0.15, -0.1) is 0 Å². The minimum Gasteiger partial charge on any atom is -0.467 e. The largest absolute Gasteiger partial charge is 0.467 e. The van der Waals surface area contributed by atoms with Gasteiger partial charge < -0.3 is 9.73 Å². The molecule has 1 fully saturated rings. The first-order chi connectivity index (χ1) is 16.2. The van der Waals surface area contributed by atoms with Crippen molar-refractivity contribution in [2.75, 3.05) is 39.3 Å². The number of hydrazone groups is 1. The van der Waals surface area contributed by atoms with Crippen LogP contribution < -0.4 is 5.32 Å². The fraction of sp³-hybridized carbons (Fsp3) is 0.500. The summed E-state index contributed by atoms with van der Waals surface area (Å²) in [7, 11) is 0. The minimum absolute atomic E-state index is 0.0355. The number of aryl methyl sites for hydroxylation is 1. The lowest BCUT2D eigenvalue weighted by molar-refractivity contribution is -0.135. The Bertz CT molecular complexity index is 1020. The Kier molecular flexibility index (Phi) is 7.19. The first-order valence-corrected chi connectivity index (χ1v) is 11.9. The number of nitrogens with one attached hydrogen (secondary N) is 1. The summed E-state index contributed by atoms with van der Waals surface area (Å²) in [6.45, 7) is 11.7. The maximum Gasteiger partial charge on any atom is 0.257 e. The average molecular weight is 466 g/mol. The van der Waals surface area contributed by atoms with Crippen LogP contribution in [0.4, 0.5) is 0 Å². The predicted molar refractivity (Wildman–Crippen MR) is 131 cm³/mol. The Morgan fingerprint density at radius 1 is 1.03 bits per heavy atom. The van der Waals surface area contributed by atoms with Gasteiger partial charge in [0.2, 0.25) is 5.91 Å². The molecule has 0 bridgehead atoms. The number of piperazine rings is 1. The van der Waals surface area contributed by atoms with E-state index in [-0.39, 0.29) is 23.4 Å². The van der Waals surface area contributed by atoms with Gasteiger partial charge in [-0.25, -0.2) is 5.01 Å². The standard InChI is InChI=1S/C26H35N5O3/c1-19-7-9-20(10-8-19)21-16-22(23-6-5-15-34-23)31(28-21)25(33)18-30-13-11-29(12-14-30)17-24(32)27-26(2,3)4/h5-10,15,22H,11-14,16-18H2,1-4H3,(H,27,32)/t22-/m0/s1. The minimum atomic E-state index is -0.235. The molecule has 4 rings (SSSR count). The van der Waals surface area contributed by atoms with Crippen molar-refractivity contribution in [1.29, 1.82) is 0 Å². The number of hydrogen-bond acceptors (Lipinski definition) is 6. The third kappa shape index (κ3) is 6.12. The van der Waals surface area contributed by atoms with Gasteiger partial charge in [0.05, 0.1) is 25.1 Å². The summed E-state index contributed by atoms with van der Waals surface area (Å²) in [5.41, 5.74) is 2.88. The van der Waals surface area contributed by atoms with Gasteiger partial charge in [-0.05, 0) is 45.4 Å². The molecule has 1 aromatic heterocycles. The van der Waals surface area contributed by atoms with Crippen LogP contribution in [0.15, 0.2) is 52.2 Å². The number of hydrogen-bond donors (Lipinski definition) is 1. The normalized spacial score (nSPS) is 19.8. The van der Waals surface area contributed by atoms with Crippen LogP contribution in [-0.2, 0) is 9.59 Å². The number of carbonyl (C=O) groups is 2. The van der Waals surface area contributed by atoms with Crippen LogP contribution in [0.3, 0.4) is 0 Å². The van der Waals surface area contributed by atoms with E-state index in [1.807, 2.05) is 32.9 Å². The summed E-state index contributed by atoms with van der Waals surface area (Å²) < 4.78 is 5.65. The molecule has 8 heteroatoms. The number of furan rings is 1. The molecule has 1 aromatic carbocycles. The van der Waals surface area contributed by atoms with Crippen LogP contribution in [-0.4, -0.2) is 77.1 Å². The van der Waals surface area contributed by atoms with E-state index in [9.17, 15) is 9.59 Å². The number of rotatable bonds is 6. The molecule has 34 heavy (non-hydrogen) atoms. The van der Waals surface area contributed by atoms with Crippen molar-refractivity contribution < 1.29 is 14.0 Å². The number of carbonyl (C=O) groups excluding carboxylic acids is 2. The SMILES string of the molecule is Cc1ccc(C2=NN(C(=O)CN3CCN(CC(=O)NC(C)(C)C)CC3)[C@H](c3ccco3)C2)cc1. The molecule has 2 aliphatic rings. The molecule has 2 aromatic rings. The second-order valence-electron chi connectivity index (χ2n) is 10.2. The van der Waals surface area contributed by atoms with E-state index in [1.165, 1.54) is 5.56 Å². The maximum absolute atomic E-state index is 13.3. The van der Waals surface area contributed by atoms with Crippen molar-refractivity contribution in [2.24, 2.45) is 5.10 Å². The molecule has 1 atom stereocenters. The van der Waals surface area contributed by atoms with Crippen LogP contribution in [0.25, 0.3) is 0 Å². The third-order valence-corrected chi connectivity index (χ3v) is 6.13.